The average molecular weight is 887 g/mol. The molecule has 0 aliphatic carbocycles. The summed E-state index contributed by atoms with van der Waals surface area (Å²) in [5.41, 5.74) is 0. The van der Waals surface area contributed by atoms with Gasteiger partial charge in [0.25, 0.3) is 0 Å². The van der Waals surface area contributed by atoms with E-state index in [0.717, 1.165) is 64.2 Å². The molecule has 2 heterocycles. The van der Waals surface area contributed by atoms with Gasteiger partial charge in [-0.15, -0.1) is 0 Å². The summed E-state index contributed by atoms with van der Waals surface area (Å²) < 4.78 is 34.2. The van der Waals surface area contributed by atoms with Crippen molar-refractivity contribution in [3.8, 4) is 0 Å². The van der Waals surface area contributed by atoms with Gasteiger partial charge < -0.3 is 64.2 Å². The zero-order valence-electron chi connectivity index (χ0n) is 38.1. The van der Waals surface area contributed by atoms with Crippen LogP contribution in [0.3, 0.4) is 0 Å². The van der Waals surface area contributed by atoms with Crippen molar-refractivity contribution in [1.29, 1.82) is 0 Å². The van der Waals surface area contributed by atoms with Crippen molar-refractivity contribution >= 4 is 5.97 Å². The first kappa shape index (κ1) is 56.3. The van der Waals surface area contributed by atoms with Crippen LogP contribution in [0.25, 0.3) is 0 Å². The van der Waals surface area contributed by atoms with Gasteiger partial charge in [0.2, 0.25) is 0 Å². The van der Waals surface area contributed by atoms with Crippen LogP contribution in [-0.2, 0) is 33.2 Å². The van der Waals surface area contributed by atoms with Gasteiger partial charge in [-0.05, 0) is 44.9 Å². The fraction of sp³-hybridized carbons (Fsp3) is 0.854. The first-order valence-corrected chi connectivity index (χ1v) is 24.1. The number of aliphatic hydroxyl groups is 7. The van der Waals surface area contributed by atoms with Crippen LogP contribution in [-0.4, -0.2) is 142 Å². The molecule has 362 valence electrons. The van der Waals surface area contributed by atoms with Crippen molar-refractivity contribution in [2.45, 2.75) is 229 Å². The lowest BCUT2D eigenvalue weighted by Crippen LogP contribution is -2.61. The highest BCUT2D eigenvalue weighted by Gasteiger charge is 2.47. The molecule has 0 aromatic carbocycles. The molecule has 0 spiro atoms. The Morgan fingerprint density at radius 3 is 1.65 bits per heavy atom. The lowest BCUT2D eigenvalue weighted by molar-refractivity contribution is -0.332. The minimum absolute atomic E-state index is 0.0580. The highest BCUT2D eigenvalue weighted by molar-refractivity contribution is 5.69. The molecule has 14 heteroatoms. The van der Waals surface area contributed by atoms with Gasteiger partial charge in [-0.1, -0.05) is 147 Å². The minimum Gasteiger partial charge on any atom is -0.457 e. The number of ether oxygens (including phenoxy) is 6. The Kier molecular flexibility index (Phi) is 33.1. The van der Waals surface area contributed by atoms with Crippen LogP contribution >= 0.6 is 0 Å². The van der Waals surface area contributed by atoms with E-state index in [2.05, 4.69) is 50.3 Å². The average Bonchev–Trinajstić information content (AvgIpc) is 3.27. The lowest BCUT2D eigenvalue weighted by atomic mass is 9.98. The van der Waals surface area contributed by atoms with Crippen LogP contribution in [0.2, 0.25) is 0 Å². The molecule has 14 nitrogen and oxygen atoms in total. The Bertz CT molecular complexity index is 1170. The van der Waals surface area contributed by atoms with Gasteiger partial charge in [0.1, 0.15) is 54.9 Å². The molecule has 0 radical (unpaired) electrons. The summed E-state index contributed by atoms with van der Waals surface area (Å²) in [5.74, 6) is -0.382. The van der Waals surface area contributed by atoms with Crippen LogP contribution < -0.4 is 0 Å². The van der Waals surface area contributed by atoms with E-state index < -0.39 is 80.7 Å². The SMILES string of the molecule is CC/C=C\C/C=C\C/C=C\CCCCCCCCCCOCC(COC1OC(COC2OC(CO)C(O)C(O)C2O)C(O)C(O)C1O)OC(=O)CCCCCCCCCCCC. The summed E-state index contributed by atoms with van der Waals surface area (Å²) in [6.07, 6.45) is 22.2. The molecule has 7 N–H and O–H groups in total. The summed E-state index contributed by atoms with van der Waals surface area (Å²) in [5, 5.41) is 71.9. The largest absolute Gasteiger partial charge is 0.457 e. The molecule has 2 saturated heterocycles. The number of unbranched alkanes of at least 4 members (excludes halogenated alkanes) is 17. The molecule has 2 aliphatic heterocycles. The van der Waals surface area contributed by atoms with Gasteiger partial charge in [-0.3, -0.25) is 4.79 Å². The Morgan fingerprint density at radius 1 is 0.548 bits per heavy atom. The zero-order chi connectivity index (χ0) is 45.2. The van der Waals surface area contributed by atoms with Crippen molar-refractivity contribution in [1.82, 2.24) is 0 Å². The van der Waals surface area contributed by atoms with E-state index >= 15 is 0 Å². The topological polar surface area (TPSA) is 214 Å². The number of aliphatic hydroxyl groups excluding tert-OH is 7. The standard InChI is InChI=1S/C48H86O14/c1-3-5-7-9-11-13-15-16-17-18-19-20-21-22-24-26-28-30-32-57-34-37(60-40(50)31-29-27-25-23-14-12-10-8-6-4-2)35-58-47-46(56)44(54)42(52)39(62-47)36-59-48-45(55)43(53)41(51)38(33-49)61-48/h5,7,11,13,16-17,37-39,41-49,51-56H,3-4,6,8-10,12,14-15,18-36H2,1-2H3/b7-5-,13-11-,17-16-. The molecule has 0 aromatic heterocycles. The molecular formula is C48H86O14. The molecule has 62 heavy (non-hydrogen) atoms. The number of allylic oxidation sites excluding steroid dienone is 6. The number of carbonyl (C=O) groups excluding carboxylic acids is 1. The van der Waals surface area contributed by atoms with E-state index in [4.69, 9.17) is 28.4 Å². The monoisotopic (exact) mass is 887 g/mol. The van der Waals surface area contributed by atoms with Gasteiger partial charge in [0.05, 0.1) is 26.4 Å². The molecule has 11 unspecified atom stereocenters. The number of hydrogen-bond donors (Lipinski definition) is 7. The van der Waals surface area contributed by atoms with Crippen LogP contribution in [0, 0.1) is 0 Å². The molecule has 2 fully saturated rings. The highest BCUT2D eigenvalue weighted by Crippen LogP contribution is 2.26. The summed E-state index contributed by atoms with van der Waals surface area (Å²) in [6, 6.07) is 0. The smallest absolute Gasteiger partial charge is 0.306 e. The number of hydrogen-bond acceptors (Lipinski definition) is 14. The Labute approximate surface area is 372 Å². The Morgan fingerprint density at radius 2 is 1.05 bits per heavy atom. The lowest BCUT2D eigenvalue weighted by Gasteiger charge is -2.42. The van der Waals surface area contributed by atoms with Gasteiger partial charge in [-0.2, -0.15) is 0 Å². The number of esters is 1. The molecule has 0 amide bonds. The Hall–Kier alpha value is -1.79. The third-order valence-electron chi connectivity index (χ3n) is 11.4. The van der Waals surface area contributed by atoms with Crippen molar-refractivity contribution in [2.24, 2.45) is 0 Å². The number of carbonyl (C=O) groups is 1. The minimum atomic E-state index is -1.70. The first-order chi connectivity index (χ1) is 30.1. The van der Waals surface area contributed by atoms with Crippen LogP contribution in [0.1, 0.15) is 162 Å². The quantitative estimate of drug-likeness (QED) is 0.0209. The molecule has 0 bridgehead atoms. The molecule has 2 aliphatic rings. The van der Waals surface area contributed by atoms with Crippen molar-refractivity contribution < 1.29 is 69.0 Å². The van der Waals surface area contributed by atoms with E-state index in [-0.39, 0.29) is 25.6 Å². The fourth-order valence-electron chi connectivity index (χ4n) is 7.47. The third kappa shape index (κ3) is 24.5. The van der Waals surface area contributed by atoms with Crippen LogP contribution in [0.4, 0.5) is 0 Å². The Balaban J connectivity index is 1.77. The van der Waals surface area contributed by atoms with Crippen LogP contribution in [0.5, 0.6) is 0 Å². The normalized spacial score (nSPS) is 27.5. The second-order valence-corrected chi connectivity index (χ2v) is 16.9. The van der Waals surface area contributed by atoms with Crippen molar-refractivity contribution in [3.63, 3.8) is 0 Å². The number of rotatable bonds is 37. The maximum atomic E-state index is 12.9. The summed E-state index contributed by atoms with van der Waals surface area (Å²) in [7, 11) is 0. The molecule has 2 rings (SSSR count). The van der Waals surface area contributed by atoms with Gasteiger partial charge in [-0.25, -0.2) is 0 Å². The predicted molar refractivity (Wildman–Crippen MR) is 238 cm³/mol. The predicted octanol–water partition coefficient (Wildman–Crippen LogP) is 6.24. The molecule has 11 atom stereocenters. The van der Waals surface area contributed by atoms with E-state index in [9.17, 15) is 40.5 Å². The maximum absolute atomic E-state index is 12.9. The summed E-state index contributed by atoms with van der Waals surface area (Å²) in [6.45, 7) is 3.54. The molecule has 0 aromatic rings. The molecular weight excluding hydrogens is 801 g/mol. The fourth-order valence-corrected chi connectivity index (χ4v) is 7.47. The second kappa shape index (κ2) is 36.4. The summed E-state index contributed by atoms with van der Waals surface area (Å²) >= 11 is 0. The summed E-state index contributed by atoms with van der Waals surface area (Å²) in [4.78, 5) is 12.9. The van der Waals surface area contributed by atoms with E-state index in [1.807, 2.05) is 0 Å². The highest BCUT2D eigenvalue weighted by atomic mass is 16.7. The second-order valence-electron chi connectivity index (χ2n) is 16.9. The van der Waals surface area contributed by atoms with E-state index in [0.29, 0.717) is 13.0 Å². The van der Waals surface area contributed by atoms with E-state index in [1.54, 1.807) is 0 Å². The maximum Gasteiger partial charge on any atom is 0.306 e. The van der Waals surface area contributed by atoms with Crippen molar-refractivity contribution in [3.05, 3.63) is 36.5 Å². The van der Waals surface area contributed by atoms with Gasteiger partial charge in [0.15, 0.2) is 12.6 Å². The van der Waals surface area contributed by atoms with Gasteiger partial charge in [0, 0.05) is 13.0 Å². The van der Waals surface area contributed by atoms with E-state index in [1.165, 1.54) is 70.6 Å². The van der Waals surface area contributed by atoms with Gasteiger partial charge >= 0.3 is 5.97 Å². The van der Waals surface area contributed by atoms with Crippen LogP contribution in [0.15, 0.2) is 36.5 Å². The van der Waals surface area contributed by atoms with Crippen molar-refractivity contribution in [2.75, 3.05) is 33.0 Å². The zero-order valence-corrected chi connectivity index (χ0v) is 38.1. The third-order valence-corrected chi connectivity index (χ3v) is 11.4. The first-order valence-electron chi connectivity index (χ1n) is 24.1. The molecule has 0 saturated carbocycles.